The van der Waals surface area contributed by atoms with Crippen molar-refractivity contribution >= 4 is 40.9 Å². The van der Waals surface area contributed by atoms with Crippen molar-refractivity contribution in [3.63, 3.8) is 0 Å². The number of nitrogens with two attached hydrogens (primary N) is 1. The van der Waals surface area contributed by atoms with Gasteiger partial charge in [-0.1, -0.05) is 103 Å². The van der Waals surface area contributed by atoms with E-state index in [-0.39, 0.29) is 36.2 Å². The first-order valence-electron chi connectivity index (χ1n) is 18.8. The number of thioether (sulfide) groups is 1. The van der Waals surface area contributed by atoms with Crippen LogP contribution in [0.4, 0.5) is 11.4 Å². The molecule has 6 N–H and O–H groups in total. The Bertz CT molecular complexity index is 2090. The fourth-order valence-corrected chi connectivity index (χ4v) is 7.67. The number of hydrogen-bond acceptors (Lipinski definition) is 8. The smallest absolute Gasteiger partial charge is 0.336 e. The zero-order chi connectivity index (χ0) is 39.3. The minimum atomic E-state index is -0.967. The summed E-state index contributed by atoms with van der Waals surface area (Å²) in [7, 11) is 0. The van der Waals surface area contributed by atoms with Crippen molar-refractivity contribution < 1.29 is 34.1 Å². The second kappa shape index (κ2) is 19.9. The third-order valence-corrected chi connectivity index (χ3v) is 10.9. The molecule has 1 fully saturated rings. The van der Waals surface area contributed by atoms with E-state index in [1.54, 1.807) is 24.3 Å². The minimum absolute atomic E-state index is 0.0389. The normalized spacial score (nSPS) is 16.6. The molecule has 0 saturated carbocycles. The Labute approximate surface area is 331 Å². The van der Waals surface area contributed by atoms with E-state index >= 15 is 0 Å². The van der Waals surface area contributed by atoms with Gasteiger partial charge in [-0.3, -0.25) is 9.59 Å². The molecule has 0 bridgehead atoms. The number of carboxylic acids is 1. The number of anilines is 2. The molecule has 0 aliphatic carbocycles. The molecule has 1 aliphatic rings. The first kappa shape index (κ1) is 40.2. The summed E-state index contributed by atoms with van der Waals surface area (Å²) < 4.78 is 13.0. The Hall–Kier alpha value is -5.46. The summed E-state index contributed by atoms with van der Waals surface area (Å²) in [6, 6.07) is 37.8. The van der Waals surface area contributed by atoms with Crippen molar-refractivity contribution in [2.45, 2.75) is 75.1 Å². The van der Waals surface area contributed by atoms with Gasteiger partial charge in [0, 0.05) is 42.0 Å². The van der Waals surface area contributed by atoms with Gasteiger partial charge in [0.1, 0.15) is 0 Å². The molecule has 1 aliphatic heterocycles. The van der Waals surface area contributed by atoms with Crippen LogP contribution in [0.3, 0.4) is 0 Å². The number of aromatic carboxylic acids is 1. The van der Waals surface area contributed by atoms with Crippen LogP contribution < -0.4 is 16.4 Å². The lowest BCUT2D eigenvalue weighted by atomic mass is 9.97. The molecule has 11 heteroatoms. The zero-order valence-corrected chi connectivity index (χ0v) is 31.9. The standard InChI is InChI=1S/C45H47N3O7S/c46-38-13-7-8-14-39(38)48-43(51)17-3-1-2-16-42(50)47-27-34-10-4-5-11-36(34)31-22-24-33(25-23-31)45-54-35(29-56-41-15-9-6-12-37(41)44(52)53)26-40(55-45)32-20-18-30(28-49)19-21-32/h4-15,18-25,35,40,45,49H,1-3,16-17,26-29,46H2,(H,47,50)(H,48,51)(H,52,53)/t35-,40+,45+/m0/s1. The van der Waals surface area contributed by atoms with Crippen molar-refractivity contribution in [2.75, 3.05) is 16.8 Å². The summed E-state index contributed by atoms with van der Waals surface area (Å²) in [5.74, 6) is -0.562. The highest BCUT2D eigenvalue weighted by Crippen LogP contribution is 2.40. The number of para-hydroxylation sites is 2. The number of carbonyl (C=O) groups excluding carboxylic acids is 2. The Morgan fingerprint density at radius 2 is 1.43 bits per heavy atom. The van der Waals surface area contributed by atoms with Crippen molar-refractivity contribution in [3.8, 4) is 11.1 Å². The van der Waals surface area contributed by atoms with Gasteiger partial charge >= 0.3 is 5.97 Å². The number of aliphatic hydroxyl groups is 1. The number of nitrogen functional groups attached to an aromatic ring is 1. The van der Waals surface area contributed by atoms with Gasteiger partial charge in [0.25, 0.3) is 0 Å². The third kappa shape index (κ3) is 11.1. The van der Waals surface area contributed by atoms with E-state index in [1.807, 2.05) is 97.1 Å². The highest BCUT2D eigenvalue weighted by atomic mass is 32.2. The topological polar surface area (TPSA) is 160 Å². The van der Waals surface area contributed by atoms with Gasteiger partial charge in [0.15, 0.2) is 6.29 Å². The number of hydrogen-bond donors (Lipinski definition) is 5. The number of aliphatic hydroxyl groups excluding tert-OH is 1. The number of rotatable bonds is 17. The molecular formula is C45H47N3O7S. The van der Waals surface area contributed by atoms with Gasteiger partial charge in [0.2, 0.25) is 11.8 Å². The molecule has 0 aromatic heterocycles. The van der Waals surface area contributed by atoms with E-state index in [0.717, 1.165) is 39.8 Å². The molecule has 1 saturated heterocycles. The second-order valence-corrected chi connectivity index (χ2v) is 14.8. The van der Waals surface area contributed by atoms with Crippen LogP contribution in [0.25, 0.3) is 11.1 Å². The average Bonchev–Trinajstić information content (AvgIpc) is 3.23. The largest absolute Gasteiger partial charge is 0.478 e. The van der Waals surface area contributed by atoms with Gasteiger partial charge in [0.05, 0.1) is 35.8 Å². The average molecular weight is 774 g/mol. The first-order chi connectivity index (χ1) is 27.3. The molecule has 3 atom stereocenters. The molecule has 5 aromatic carbocycles. The van der Waals surface area contributed by atoms with E-state index < -0.39 is 12.3 Å². The number of ether oxygens (including phenoxy) is 2. The van der Waals surface area contributed by atoms with E-state index in [1.165, 1.54) is 11.8 Å². The maximum atomic E-state index is 12.7. The number of benzene rings is 5. The van der Waals surface area contributed by atoms with E-state index in [9.17, 15) is 24.6 Å². The fourth-order valence-electron chi connectivity index (χ4n) is 6.60. The molecular weight excluding hydrogens is 727 g/mol. The van der Waals surface area contributed by atoms with Crippen molar-refractivity contribution in [2.24, 2.45) is 0 Å². The molecule has 1 heterocycles. The van der Waals surface area contributed by atoms with Crippen LogP contribution in [0.1, 0.15) is 83.5 Å². The molecule has 2 amide bonds. The van der Waals surface area contributed by atoms with E-state index in [0.29, 0.717) is 60.7 Å². The SMILES string of the molecule is Nc1ccccc1NC(=O)CCCCCC(=O)NCc1ccccc1-c1ccc([C@@H]2O[C@H](CSc3ccccc3C(=O)O)C[C@H](c3ccc(CO)cc3)O2)cc1. The predicted molar refractivity (Wildman–Crippen MR) is 219 cm³/mol. The van der Waals surface area contributed by atoms with Crippen LogP contribution in [0.15, 0.2) is 126 Å². The maximum Gasteiger partial charge on any atom is 0.336 e. The van der Waals surface area contributed by atoms with Crippen LogP contribution in [-0.2, 0) is 32.2 Å². The Kier molecular flexibility index (Phi) is 14.3. The number of unbranched alkanes of at least 4 members (excludes halogenated alkanes) is 2. The summed E-state index contributed by atoms with van der Waals surface area (Å²) in [6.07, 6.45) is 2.29. The molecule has 5 aromatic rings. The highest BCUT2D eigenvalue weighted by molar-refractivity contribution is 7.99. The number of nitrogens with one attached hydrogen (secondary N) is 2. The van der Waals surface area contributed by atoms with Gasteiger partial charge in [-0.15, -0.1) is 11.8 Å². The minimum Gasteiger partial charge on any atom is -0.478 e. The first-order valence-corrected chi connectivity index (χ1v) is 19.8. The van der Waals surface area contributed by atoms with E-state index in [2.05, 4.69) is 10.6 Å². The molecule has 56 heavy (non-hydrogen) atoms. The molecule has 0 spiro atoms. The molecule has 6 rings (SSSR count). The van der Waals surface area contributed by atoms with Crippen LogP contribution in [0.2, 0.25) is 0 Å². The lowest BCUT2D eigenvalue weighted by Gasteiger charge is -2.36. The Morgan fingerprint density at radius 1 is 0.750 bits per heavy atom. The van der Waals surface area contributed by atoms with Crippen molar-refractivity contribution in [3.05, 3.63) is 149 Å². The van der Waals surface area contributed by atoms with Crippen LogP contribution in [-0.4, -0.2) is 39.9 Å². The lowest BCUT2D eigenvalue weighted by Crippen LogP contribution is -2.31. The quantitative estimate of drug-likeness (QED) is 0.0354. The number of carbonyl (C=O) groups is 3. The molecule has 10 nitrogen and oxygen atoms in total. The number of amides is 2. The summed E-state index contributed by atoms with van der Waals surface area (Å²) in [5, 5.41) is 25.1. The summed E-state index contributed by atoms with van der Waals surface area (Å²) >= 11 is 1.46. The van der Waals surface area contributed by atoms with Crippen LogP contribution in [0, 0.1) is 0 Å². The van der Waals surface area contributed by atoms with Gasteiger partial charge in [-0.05, 0) is 64.9 Å². The van der Waals surface area contributed by atoms with Crippen molar-refractivity contribution in [1.29, 1.82) is 0 Å². The lowest BCUT2D eigenvalue weighted by molar-refractivity contribution is -0.245. The van der Waals surface area contributed by atoms with Crippen LogP contribution in [0.5, 0.6) is 0 Å². The zero-order valence-electron chi connectivity index (χ0n) is 31.1. The van der Waals surface area contributed by atoms with Crippen LogP contribution >= 0.6 is 11.8 Å². The Morgan fingerprint density at radius 3 is 2.18 bits per heavy atom. The second-order valence-electron chi connectivity index (χ2n) is 13.7. The molecule has 0 unspecified atom stereocenters. The molecule has 290 valence electrons. The molecule has 0 radical (unpaired) electrons. The third-order valence-electron chi connectivity index (χ3n) is 9.69. The van der Waals surface area contributed by atoms with Gasteiger partial charge in [-0.25, -0.2) is 4.79 Å². The number of carboxylic acid groups (broad SMARTS) is 1. The summed E-state index contributed by atoms with van der Waals surface area (Å²) in [5.41, 5.74) is 12.9. The fraction of sp³-hybridized carbons (Fsp3) is 0.267. The maximum absolute atomic E-state index is 12.7. The summed E-state index contributed by atoms with van der Waals surface area (Å²) in [6.45, 7) is 0.338. The van der Waals surface area contributed by atoms with Gasteiger partial charge in [-0.2, -0.15) is 0 Å². The summed E-state index contributed by atoms with van der Waals surface area (Å²) in [4.78, 5) is 37.5. The van der Waals surface area contributed by atoms with Gasteiger partial charge < -0.3 is 36.1 Å². The highest BCUT2D eigenvalue weighted by Gasteiger charge is 2.32. The Balaban J connectivity index is 1.05. The monoisotopic (exact) mass is 773 g/mol. The predicted octanol–water partition coefficient (Wildman–Crippen LogP) is 8.67. The van der Waals surface area contributed by atoms with Crippen molar-refractivity contribution in [1.82, 2.24) is 5.32 Å². The van der Waals surface area contributed by atoms with E-state index in [4.69, 9.17) is 15.2 Å².